The van der Waals surface area contributed by atoms with Crippen LogP contribution in [0.4, 0.5) is 0 Å². The lowest BCUT2D eigenvalue weighted by Gasteiger charge is -2.18. The molecule has 2 rings (SSSR count). The van der Waals surface area contributed by atoms with E-state index in [9.17, 15) is 4.79 Å². The highest BCUT2D eigenvalue weighted by Crippen LogP contribution is 2.23. The van der Waals surface area contributed by atoms with Gasteiger partial charge in [0.05, 0.1) is 4.88 Å². The van der Waals surface area contributed by atoms with Crippen LogP contribution in [0.3, 0.4) is 0 Å². The molecule has 0 radical (unpaired) electrons. The van der Waals surface area contributed by atoms with Gasteiger partial charge in [0.2, 0.25) is 0 Å². The number of amides is 1. The molecule has 0 aliphatic rings. The Hall–Kier alpha value is -1.65. The van der Waals surface area contributed by atoms with E-state index in [4.69, 9.17) is 5.73 Å². The Kier molecular flexibility index (Phi) is 5.75. The number of carbonyl (C=O) groups excluding carboxylic acids is 1. The molecule has 0 saturated heterocycles. The number of rotatable bonds is 7. The summed E-state index contributed by atoms with van der Waals surface area (Å²) in [6, 6.07) is 12.8. The predicted molar refractivity (Wildman–Crippen MR) is 91.7 cm³/mol. The van der Waals surface area contributed by atoms with Crippen molar-refractivity contribution in [2.45, 2.75) is 39.3 Å². The van der Waals surface area contributed by atoms with Gasteiger partial charge in [-0.05, 0) is 36.3 Å². The van der Waals surface area contributed by atoms with Crippen molar-refractivity contribution >= 4 is 17.2 Å². The molecule has 0 bridgehead atoms. The molecule has 1 heterocycles. The molecule has 1 aromatic heterocycles. The van der Waals surface area contributed by atoms with Crippen LogP contribution in [0, 0.1) is 5.92 Å². The molecular weight excluding hydrogens is 292 g/mol. The second kappa shape index (κ2) is 7.56. The zero-order valence-electron chi connectivity index (χ0n) is 13.5. The highest BCUT2D eigenvalue weighted by molar-refractivity contribution is 7.10. The Balaban J connectivity index is 2.23. The first kappa shape index (κ1) is 16.7. The van der Waals surface area contributed by atoms with Crippen LogP contribution >= 0.6 is 11.3 Å². The van der Waals surface area contributed by atoms with Crippen molar-refractivity contribution in [2.75, 3.05) is 0 Å². The summed E-state index contributed by atoms with van der Waals surface area (Å²) in [4.78, 5) is 12.6. The van der Waals surface area contributed by atoms with Gasteiger partial charge < -0.3 is 11.1 Å². The van der Waals surface area contributed by atoms with Gasteiger partial charge in [-0.1, -0.05) is 44.2 Å². The second-order valence-electron chi connectivity index (χ2n) is 6.22. The number of hydrogen-bond donors (Lipinski definition) is 2. The molecule has 4 N–H and O–H groups in total. The Morgan fingerprint density at radius 2 is 1.86 bits per heavy atom. The minimum absolute atomic E-state index is 0.121. The topological polar surface area (TPSA) is 59.7 Å². The number of carbonyl (C=O) groups is 1. The van der Waals surface area contributed by atoms with Gasteiger partial charge in [-0.15, -0.1) is 11.3 Å². The number of primary amides is 1. The predicted octanol–water partition coefficient (Wildman–Crippen LogP) is 2.47. The van der Waals surface area contributed by atoms with Gasteiger partial charge in [0.1, 0.15) is 6.04 Å². The standard InChI is InChI=1S/C18H24N2OS/c1-12(2)11-14-6-8-15(9-7-14)17(16-5-4-10-22-16)20-13(3)18(19)21/h4-10,12-13,17,20H,11H2,1-3H3,(H2,19,21)/p+1/t13-,17-/m0/s1. The first-order valence-electron chi connectivity index (χ1n) is 7.74. The third-order valence-electron chi connectivity index (χ3n) is 3.76. The van der Waals surface area contributed by atoms with Gasteiger partial charge in [0, 0.05) is 5.56 Å². The summed E-state index contributed by atoms with van der Waals surface area (Å²) in [7, 11) is 0. The minimum Gasteiger partial charge on any atom is -0.365 e. The van der Waals surface area contributed by atoms with Crippen molar-refractivity contribution in [1.29, 1.82) is 0 Å². The summed E-state index contributed by atoms with van der Waals surface area (Å²) in [6.07, 6.45) is 1.09. The normalized spacial score (nSPS) is 14.0. The highest BCUT2D eigenvalue weighted by Gasteiger charge is 2.24. The van der Waals surface area contributed by atoms with Gasteiger partial charge >= 0.3 is 0 Å². The molecule has 4 heteroatoms. The van der Waals surface area contributed by atoms with Crippen LogP contribution in [0.1, 0.15) is 42.8 Å². The van der Waals surface area contributed by atoms with Crippen molar-refractivity contribution in [3.05, 3.63) is 57.8 Å². The fourth-order valence-electron chi connectivity index (χ4n) is 2.55. The summed E-state index contributed by atoms with van der Waals surface area (Å²) < 4.78 is 0. The molecule has 2 aromatic rings. The third kappa shape index (κ3) is 4.42. The molecule has 22 heavy (non-hydrogen) atoms. The molecule has 0 fully saturated rings. The van der Waals surface area contributed by atoms with Crippen LogP contribution in [0.5, 0.6) is 0 Å². The molecule has 0 saturated carbocycles. The first-order chi connectivity index (χ1) is 10.5. The molecule has 0 spiro atoms. The third-order valence-corrected chi connectivity index (χ3v) is 4.72. The highest BCUT2D eigenvalue weighted by atomic mass is 32.1. The Labute approximate surface area is 136 Å². The summed E-state index contributed by atoms with van der Waals surface area (Å²) in [5.74, 6) is 0.373. The Morgan fingerprint density at radius 3 is 2.36 bits per heavy atom. The first-order valence-corrected chi connectivity index (χ1v) is 8.62. The van der Waals surface area contributed by atoms with E-state index >= 15 is 0 Å². The van der Waals surface area contributed by atoms with E-state index in [-0.39, 0.29) is 18.0 Å². The van der Waals surface area contributed by atoms with Gasteiger partial charge in [-0.3, -0.25) is 4.79 Å². The smallest absolute Gasteiger partial charge is 0.275 e. The maximum atomic E-state index is 11.4. The van der Waals surface area contributed by atoms with Gasteiger partial charge in [0.25, 0.3) is 5.91 Å². The second-order valence-corrected chi connectivity index (χ2v) is 7.20. The maximum Gasteiger partial charge on any atom is 0.275 e. The van der Waals surface area contributed by atoms with Gasteiger partial charge in [-0.25, -0.2) is 0 Å². The SMILES string of the molecule is CC(C)Cc1ccc([C@H]([NH2+][C@@H](C)C(N)=O)c2cccs2)cc1. The van der Waals surface area contributed by atoms with Crippen molar-refractivity contribution in [2.24, 2.45) is 11.7 Å². The average Bonchev–Trinajstić information content (AvgIpc) is 2.98. The lowest BCUT2D eigenvalue weighted by atomic mass is 9.98. The van der Waals surface area contributed by atoms with Crippen molar-refractivity contribution in [3.8, 4) is 0 Å². The zero-order valence-corrected chi connectivity index (χ0v) is 14.3. The lowest BCUT2D eigenvalue weighted by molar-refractivity contribution is -0.704. The molecule has 0 aliphatic heterocycles. The fraction of sp³-hybridized carbons (Fsp3) is 0.389. The van der Waals surface area contributed by atoms with E-state index in [0.717, 1.165) is 6.42 Å². The molecular formula is C18H25N2OS+. The van der Waals surface area contributed by atoms with Crippen LogP contribution in [0.15, 0.2) is 41.8 Å². The largest absolute Gasteiger partial charge is 0.365 e. The number of benzene rings is 1. The van der Waals surface area contributed by atoms with E-state index in [0.29, 0.717) is 5.92 Å². The monoisotopic (exact) mass is 317 g/mol. The van der Waals surface area contributed by atoms with E-state index < -0.39 is 0 Å². The van der Waals surface area contributed by atoms with Crippen LogP contribution in [-0.2, 0) is 11.2 Å². The van der Waals surface area contributed by atoms with Crippen LogP contribution in [-0.4, -0.2) is 11.9 Å². The Bertz CT molecular complexity index is 590. The fourth-order valence-corrected chi connectivity index (χ4v) is 3.39. The van der Waals surface area contributed by atoms with Crippen LogP contribution in [0.25, 0.3) is 0 Å². The maximum absolute atomic E-state index is 11.4. The molecule has 0 aliphatic carbocycles. The number of thiophene rings is 1. The number of quaternary nitrogens is 1. The minimum atomic E-state index is -0.280. The molecule has 0 unspecified atom stereocenters. The summed E-state index contributed by atoms with van der Waals surface area (Å²) in [6.45, 7) is 6.31. The molecule has 1 amide bonds. The van der Waals surface area contributed by atoms with Crippen LogP contribution < -0.4 is 11.1 Å². The van der Waals surface area contributed by atoms with Crippen molar-refractivity contribution < 1.29 is 10.1 Å². The Morgan fingerprint density at radius 1 is 1.18 bits per heavy atom. The van der Waals surface area contributed by atoms with E-state index in [2.05, 4.69) is 49.6 Å². The summed E-state index contributed by atoms with van der Waals surface area (Å²) in [5, 5.41) is 4.11. The molecule has 2 atom stereocenters. The van der Waals surface area contributed by atoms with E-state index in [1.54, 1.807) is 11.3 Å². The summed E-state index contributed by atoms with van der Waals surface area (Å²) in [5.41, 5.74) is 7.99. The molecule has 1 aromatic carbocycles. The van der Waals surface area contributed by atoms with Crippen molar-refractivity contribution in [3.63, 3.8) is 0 Å². The average molecular weight is 317 g/mol. The van der Waals surface area contributed by atoms with E-state index in [1.807, 2.05) is 18.3 Å². The van der Waals surface area contributed by atoms with E-state index in [1.165, 1.54) is 16.0 Å². The van der Waals surface area contributed by atoms with Gasteiger partial charge in [0.15, 0.2) is 6.04 Å². The summed E-state index contributed by atoms with van der Waals surface area (Å²) >= 11 is 1.71. The lowest BCUT2D eigenvalue weighted by Crippen LogP contribution is -2.92. The quantitative estimate of drug-likeness (QED) is 0.810. The number of hydrogen-bond acceptors (Lipinski definition) is 2. The molecule has 118 valence electrons. The van der Waals surface area contributed by atoms with Crippen LogP contribution in [0.2, 0.25) is 0 Å². The zero-order chi connectivity index (χ0) is 16.1. The molecule has 3 nitrogen and oxygen atoms in total. The van der Waals surface area contributed by atoms with Gasteiger partial charge in [-0.2, -0.15) is 0 Å². The van der Waals surface area contributed by atoms with Crippen molar-refractivity contribution in [1.82, 2.24) is 0 Å². The number of nitrogens with two attached hydrogens (primary N) is 2.